The zero-order valence-electron chi connectivity index (χ0n) is 11.2. The number of ketones is 1. The predicted molar refractivity (Wildman–Crippen MR) is 83.6 cm³/mol. The fraction of sp³-hybridized carbons (Fsp3) is 0.667. The molecule has 102 valence electrons. The van der Waals surface area contributed by atoms with Crippen LogP contribution in [0.4, 0.5) is 0 Å². The van der Waals surface area contributed by atoms with Crippen molar-refractivity contribution in [2.24, 2.45) is 0 Å². The summed E-state index contributed by atoms with van der Waals surface area (Å²) in [6, 6.07) is 3.87. The number of rotatable bonds is 10. The Morgan fingerprint density at radius 2 is 1.67 bits per heavy atom. The van der Waals surface area contributed by atoms with E-state index in [-0.39, 0.29) is 0 Å². The van der Waals surface area contributed by atoms with Gasteiger partial charge < -0.3 is 0 Å². The van der Waals surface area contributed by atoms with Crippen molar-refractivity contribution >= 4 is 33.0 Å². The molecule has 0 atom stereocenters. The van der Waals surface area contributed by atoms with E-state index in [2.05, 4.69) is 22.9 Å². The molecule has 1 rings (SSSR count). The summed E-state index contributed by atoms with van der Waals surface area (Å²) in [4.78, 5) is 12.7. The summed E-state index contributed by atoms with van der Waals surface area (Å²) in [6.45, 7) is 2.24. The first-order valence-electron chi connectivity index (χ1n) is 7.02. The van der Waals surface area contributed by atoms with Gasteiger partial charge in [0.15, 0.2) is 5.78 Å². The van der Waals surface area contributed by atoms with Gasteiger partial charge in [0.25, 0.3) is 0 Å². The van der Waals surface area contributed by atoms with Gasteiger partial charge in [0.05, 0.1) is 8.66 Å². The number of halogens is 1. The summed E-state index contributed by atoms with van der Waals surface area (Å²) in [6.07, 6.45) is 11.0. The monoisotopic (exact) mass is 330 g/mol. The van der Waals surface area contributed by atoms with Gasteiger partial charge in [0, 0.05) is 6.42 Å². The van der Waals surface area contributed by atoms with Crippen molar-refractivity contribution in [1.29, 1.82) is 0 Å². The van der Waals surface area contributed by atoms with E-state index in [1.807, 2.05) is 12.1 Å². The van der Waals surface area contributed by atoms with Gasteiger partial charge >= 0.3 is 0 Å². The molecule has 0 aliphatic heterocycles. The number of unbranched alkanes of at least 4 members (excludes halogenated alkanes) is 7. The standard InChI is InChI=1S/C15H23BrOS/c1-2-3-4-5-6-7-8-9-10-13(17)14-11-12-15(16)18-14/h11-12H,2-10H2,1H3. The molecule has 0 aromatic carbocycles. The van der Waals surface area contributed by atoms with Crippen LogP contribution in [0.25, 0.3) is 0 Å². The first-order chi connectivity index (χ1) is 8.74. The lowest BCUT2D eigenvalue weighted by molar-refractivity contribution is 0.0983. The van der Waals surface area contributed by atoms with Crippen molar-refractivity contribution in [3.8, 4) is 0 Å². The Morgan fingerprint density at radius 3 is 2.22 bits per heavy atom. The summed E-state index contributed by atoms with van der Waals surface area (Å²) in [5.41, 5.74) is 0. The molecule has 0 amide bonds. The Kier molecular flexibility index (Phi) is 8.60. The molecule has 0 fully saturated rings. The molecule has 1 heterocycles. The lowest BCUT2D eigenvalue weighted by Gasteiger charge is -2.01. The minimum Gasteiger partial charge on any atom is -0.293 e. The van der Waals surface area contributed by atoms with Gasteiger partial charge in [-0.2, -0.15) is 0 Å². The second kappa shape index (κ2) is 9.74. The molecule has 1 nitrogen and oxygen atoms in total. The quantitative estimate of drug-likeness (QED) is 0.367. The minimum atomic E-state index is 0.302. The van der Waals surface area contributed by atoms with E-state index < -0.39 is 0 Å². The van der Waals surface area contributed by atoms with Gasteiger partial charge in [0.2, 0.25) is 0 Å². The number of Topliss-reactive ketones (excluding diaryl/α,β-unsaturated/α-hetero) is 1. The average Bonchev–Trinajstić information content (AvgIpc) is 2.79. The summed E-state index contributed by atoms with van der Waals surface area (Å²) in [7, 11) is 0. The highest BCUT2D eigenvalue weighted by Crippen LogP contribution is 2.23. The summed E-state index contributed by atoms with van der Waals surface area (Å²) < 4.78 is 1.04. The topological polar surface area (TPSA) is 17.1 Å². The van der Waals surface area contributed by atoms with E-state index in [4.69, 9.17) is 0 Å². The maximum atomic E-state index is 11.8. The summed E-state index contributed by atoms with van der Waals surface area (Å²) in [5.74, 6) is 0.302. The number of hydrogen-bond acceptors (Lipinski definition) is 2. The normalized spacial score (nSPS) is 10.8. The number of carbonyl (C=O) groups is 1. The fourth-order valence-electron chi connectivity index (χ4n) is 2.01. The highest BCUT2D eigenvalue weighted by molar-refractivity contribution is 9.11. The van der Waals surface area contributed by atoms with E-state index >= 15 is 0 Å². The van der Waals surface area contributed by atoms with E-state index in [9.17, 15) is 4.79 Å². The van der Waals surface area contributed by atoms with Gasteiger partial charge in [-0.15, -0.1) is 11.3 Å². The van der Waals surface area contributed by atoms with Crippen molar-refractivity contribution in [3.63, 3.8) is 0 Å². The van der Waals surface area contributed by atoms with Crippen LogP contribution in [0.2, 0.25) is 0 Å². The molecule has 3 heteroatoms. The highest BCUT2D eigenvalue weighted by Gasteiger charge is 2.07. The highest BCUT2D eigenvalue weighted by atomic mass is 79.9. The van der Waals surface area contributed by atoms with E-state index in [0.717, 1.165) is 15.1 Å². The Morgan fingerprint density at radius 1 is 1.06 bits per heavy atom. The van der Waals surface area contributed by atoms with Gasteiger partial charge in [0.1, 0.15) is 0 Å². The van der Waals surface area contributed by atoms with Crippen molar-refractivity contribution in [2.75, 3.05) is 0 Å². The van der Waals surface area contributed by atoms with Crippen molar-refractivity contribution in [1.82, 2.24) is 0 Å². The molecular formula is C15H23BrOS. The molecule has 0 N–H and O–H groups in total. The Bertz CT molecular complexity index is 346. The summed E-state index contributed by atoms with van der Waals surface area (Å²) >= 11 is 4.93. The molecule has 1 aromatic heterocycles. The predicted octanol–water partition coefficient (Wildman–Crippen LogP) is 6.22. The molecular weight excluding hydrogens is 308 g/mol. The van der Waals surface area contributed by atoms with Crippen LogP contribution in [0.3, 0.4) is 0 Å². The third-order valence-corrected chi connectivity index (χ3v) is 4.77. The van der Waals surface area contributed by atoms with Crippen LogP contribution in [0.5, 0.6) is 0 Å². The molecule has 0 spiro atoms. The average molecular weight is 331 g/mol. The van der Waals surface area contributed by atoms with Crippen LogP contribution in [0, 0.1) is 0 Å². The molecule has 1 aromatic rings. The van der Waals surface area contributed by atoms with Crippen LogP contribution in [0.15, 0.2) is 15.9 Å². The second-order valence-electron chi connectivity index (χ2n) is 4.75. The maximum Gasteiger partial charge on any atom is 0.172 e. The minimum absolute atomic E-state index is 0.302. The van der Waals surface area contributed by atoms with Gasteiger partial charge in [-0.1, -0.05) is 51.9 Å². The first kappa shape index (κ1) is 15.9. The third kappa shape index (κ3) is 6.69. The smallest absolute Gasteiger partial charge is 0.172 e. The van der Waals surface area contributed by atoms with Gasteiger partial charge in [-0.05, 0) is 34.5 Å². The van der Waals surface area contributed by atoms with Crippen LogP contribution in [-0.2, 0) is 0 Å². The van der Waals surface area contributed by atoms with Crippen LogP contribution in [0.1, 0.15) is 74.4 Å². The van der Waals surface area contributed by atoms with Gasteiger partial charge in [-0.25, -0.2) is 0 Å². The van der Waals surface area contributed by atoms with Gasteiger partial charge in [-0.3, -0.25) is 4.79 Å². The second-order valence-corrected chi connectivity index (χ2v) is 7.21. The Hall–Kier alpha value is -0.150. The zero-order valence-corrected chi connectivity index (χ0v) is 13.6. The lowest BCUT2D eigenvalue weighted by Crippen LogP contribution is -1.95. The molecule has 0 unspecified atom stereocenters. The van der Waals surface area contributed by atoms with E-state index in [0.29, 0.717) is 12.2 Å². The van der Waals surface area contributed by atoms with Crippen LogP contribution < -0.4 is 0 Å². The number of hydrogen-bond donors (Lipinski definition) is 0. The SMILES string of the molecule is CCCCCCCCCCC(=O)c1ccc(Br)s1. The van der Waals surface area contributed by atoms with Crippen molar-refractivity contribution < 1.29 is 4.79 Å². The third-order valence-electron chi connectivity index (χ3n) is 3.11. The molecule has 0 radical (unpaired) electrons. The molecule has 0 aliphatic carbocycles. The Labute approximate surface area is 123 Å². The molecule has 18 heavy (non-hydrogen) atoms. The van der Waals surface area contributed by atoms with Crippen molar-refractivity contribution in [2.45, 2.75) is 64.7 Å². The maximum absolute atomic E-state index is 11.8. The summed E-state index contributed by atoms with van der Waals surface area (Å²) in [5, 5.41) is 0. The number of thiophene rings is 1. The van der Waals surface area contributed by atoms with E-state index in [1.165, 1.54) is 44.9 Å². The van der Waals surface area contributed by atoms with Crippen molar-refractivity contribution in [3.05, 3.63) is 20.8 Å². The molecule has 0 saturated carbocycles. The molecule has 0 bridgehead atoms. The first-order valence-corrected chi connectivity index (χ1v) is 8.63. The zero-order chi connectivity index (χ0) is 13.2. The molecule has 0 saturated heterocycles. The fourth-order valence-corrected chi connectivity index (χ4v) is 3.36. The van der Waals surface area contributed by atoms with Crippen LogP contribution in [-0.4, -0.2) is 5.78 Å². The lowest BCUT2D eigenvalue weighted by atomic mass is 10.1. The largest absolute Gasteiger partial charge is 0.293 e. The number of carbonyl (C=O) groups excluding carboxylic acids is 1. The Balaban J connectivity index is 1.99. The van der Waals surface area contributed by atoms with Crippen LogP contribution >= 0.6 is 27.3 Å². The molecule has 0 aliphatic rings. The van der Waals surface area contributed by atoms with E-state index in [1.54, 1.807) is 11.3 Å².